The van der Waals surface area contributed by atoms with Crippen molar-refractivity contribution in [2.24, 2.45) is 0 Å². The Morgan fingerprint density at radius 2 is 2.29 bits per heavy atom. The van der Waals surface area contributed by atoms with Gasteiger partial charge in [-0.05, 0) is 45.9 Å². The molecule has 134 valence electrons. The molecule has 0 saturated carbocycles. The standard InChI is InChI=1S/C19H31N3O2/c1-16(2)21(3)13-18-7-8-19(24-18)14-22(10-11-23-15-19)12-17-6-4-5-9-20-17/h4-6,9,16,18H,7-8,10-15H2,1-3H3/t18-,19+/m0/s1. The number of rotatable bonds is 5. The van der Waals surface area contributed by atoms with E-state index in [0.29, 0.717) is 18.8 Å². The smallest absolute Gasteiger partial charge is 0.105 e. The molecular formula is C19H31N3O2. The van der Waals surface area contributed by atoms with Crippen LogP contribution in [0, 0.1) is 0 Å². The Balaban J connectivity index is 1.60. The van der Waals surface area contributed by atoms with Gasteiger partial charge >= 0.3 is 0 Å². The fraction of sp³-hybridized carbons (Fsp3) is 0.737. The van der Waals surface area contributed by atoms with E-state index >= 15 is 0 Å². The van der Waals surface area contributed by atoms with E-state index in [4.69, 9.17) is 9.47 Å². The number of pyridine rings is 1. The van der Waals surface area contributed by atoms with Crippen LogP contribution in [0.2, 0.25) is 0 Å². The molecule has 2 aliphatic heterocycles. The lowest BCUT2D eigenvalue weighted by molar-refractivity contribution is -0.0925. The van der Waals surface area contributed by atoms with Gasteiger partial charge in [0.05, 0.1) is 25.0 Å². The molecule has 0 N–H and O–H groups in total. The van der Waals surface area contributed by atoms with Crippen LogP contribution in [0.1, 0.15) is 32.4 Å². The molecule has 0 bridgehead atoms. The molecular weight excluding hydrogens is 302 g/mol. The molecule has 3 rings (SSSR count). The SMILES string of the molecule is CC(C)N(C)C[C@@H]1CC[C@@]2(COCCN(Cc3ccccn3)C2)O1. The molecule has 3 heterocycles. The van der Waals surface area contributed by atoms with Gasteiger partial charge in [0, 0.05) is 38.4 Å². The Bertz CT molecular complexity index is 511. The first-order valence-electron chi connectivity index (χ1n) is 9.14. The van der Waals surface area contributed by atoms with Gasteiger partial charge in [-0.1, -0.05) is 6.07 Å². The second-order valence-electron chi connectivity index (χ2n) is 7.58. The van der Waals surface area contributed by atoms with Gasteiger partial charge in [0.25, 0.3) is 0 Å². The van der Waals surface area contributed by atoms with E-state index < -0.39 is 0 Å². The maximum atomic E-state index is 6.53. The third-order valence-corrected chi connectivity index (χ3v) is 5.25. The lowest BCUT2D eigenvalue weighted by atomic mass is 10.00. The molecule has 0 unspecified atom stereocenters. The molecule has 1 aromatic rings. The highest BCUT2D eigenvalue weighted by molar-refractivity contribution is 5.04. The van der Waals surface area contributed by atoms with Crippen molar-refractivity contribution < 1.29 is 9.47 Å². The monoisotopic (exact) mass is 333 g/mol. The zero-order valence-corrected chi connectivity index (χ0v) is 15.3. The van der Waals surface area contributed by atoms with Crippen molar-refractivity contribution in [2.75, 3.05) is 39.9 Å². The van der Waals surface area contributed by atoms with Crippen LogP contribution in [-0.4, -0.2) is 72.4 Å². The fourth-order valence-electron chi connectivity index (χ4n) is 3.62. The Morgan fingerprint density at radius 1 is 1.42 bits per heavy atom. The van der Waals surface area contributed by atoms with E-state index in [2.05, 4.69) is 47.8 Å². The molecule has 1 spiro atoms. The zero-order chi connectivity index (χ0) is 17.0. The Labute approximate surface area is 145 Å². The summed E-state index contributed by atoms with van der Waals surface area (Å²) in [5, 5.41) is 0. The van der Waals surface area contributed by atoms with Crippen LogP contribution in [0.25, 0.3) is 0 Å². The van der Waals surface area contributed by atoms with E-state index in [1.54, 1.807) is 0 Å². The van der Waals surface area contributed by atoms with Crippen molar-refractivity contribution in [3.05, 3.63) is 30.1 Å². The third-order valence-electron chi connectivity index (χ3n) is 5.25. The molecule has 0 aliphatic carbocycles. The van der Waals surface area contributed by atoms with E-state index in [-0.39, 0.29) is 5.60 Å². The van der Waals surface area contributed by atoms with Crippen molar-refractivity contribution >= 4 is 0 Å². The predicted octanol–water partition coefficient (Wildman–Crippen LogP) is 2.17. The minimum Gasteiger partial charge on any atom is -0.377 e. The minimum absolute atomic E-state index is 0.145. The molecule has 5 heteroatoms. The zero-order valence-electron chi connectivity index (χ0n) is 15.3. The number of ether oxygens (including phenoxy) is 2. The van der Waals surface area contributed by atoms with Crippen LogP contribution in [0.15, 0.2) is 24.4 Å². The van der Waals surface area contributed by atoms with Crippen molar-refractivity contribution in [3.63, 3.8) is 0 Å². The van der Waals surface area contributed by atoms with Crippen LogP contribution in [0.5, 0.6) is 0 Å². The second-order valence-corrected chi connectivity index (χ2v) is 7.58. The maximum Gasteiger partial charge on any atom is 0.105 e. The van der Waals surface area contributed by atoms with E-state index in [1.807, 2.05) is 12.3 Å². The van der Waals surface area contributed by atoms with E-state index in [0.717, 1.165) is 51.3 Å². The lowest BCUT2D eigenvalue weighted by Crippen LogP contribution is -2.45. The van der Waals surface area contributed by atoms with Gasteiger partial charge in [-0.25, -0.2) is 0 Å². The van der Waals surface area contributed by atoms with Gasteiger partial charge in [0.2, 0.25) is 0 Å². The summed E-state index contributed by atoms with van der Waals surface area (Å²) < 4.78 is 12.4. The van der Waals surface area contributed by atoms with Crippen LogP contribution >= 0.6 is 0 Å². The Morgan fingerprint density at radius 3 is 3.04 bits per heavy atom. The van der Waals surface area contributed by atoms with Crippen molar-refractivity contribution in [2.45, 2.75) is 51.0 Å². The topological polar surface area (TPSA) is 37.8 Å². The van der Waals surface area contributed by atoms with E-state index in [9.17, 15) is 0 Å². The first kappa shape index (κ1) is 17.8. The minimum atomic E-state index is -0.145. The summed E-state index contributed by atoms with van der Waals surface area (Å²) in [6, 6.07) is 6.66. The Kier molecular flexibility index (Phi) is 5.87. The highest BCUT2D eigenvalue weighted by Gasteiger charge is 2.43. The third kappa shape index (κ3) is 4.54. The molecule has 5 nitrogen and oxygen atoms in total. The Hall–Kier alpha value is -1.01. The summed E-state index contributed by atoms with van der Waals surface area (Å²) in [6.07, 6.45) is 4.39. The summed E-state index contributed by atoms with van der Waals surface area (Å²) in [5.41, 5.74) is 0.969. The highest BCUT2D eigenvalue weighted by atomic mass is 16.6. The highest BCUT2D eigenvalue weighted by Crippen LogP contribution is 2.33. The number of nitrogens with zero attached hydrogens (tertiary/aromatic N) is 3. The quantitative estimate of drug-likeness (QED) is 0.826. The van der Waals surface area contributed by atoms with Crippen LogP contribution in [0.3, 0.4) is 0 Å². The molecule has 0 aromatic carbocycles. The first-order chi connectivity index (χ1) is 11.6. The van der Waals surface area contributed by atoms with Crippen LogP contribution in [0.4, 0.5) is 0 Å². The first-order valence-corrected chi connectivity index (χ1v) is 9.14. The number of likely N-dealkylation sites (N-methyl/N-ethyl adjacent to an activating group) is 1. The normalized spacial score (nSPS) is 28.8. The molecule has 0 amide bonds. The summed E-state index contributed by atoms with van der Waals surface area (Å²) in [5.74, 6) is 0. The summed E-state index contributed by atoms with van der Waals surface area (Å²) in [7, 11) is 2.18. The number of aromatic nitrogens is 1. The second kappa shape index (κ2) is 7.91. The molecule has 2 aliphatic rings. The average Bonchev–Trinajstić information content (AvgIpc) is 2.83. The van der Waals surface area contributed by atoms with E-state index in [1.165, 1.54) is 0 Å². The summed E-state index contributed by atoms with van der Waals surface area (Å²) in [6.45, 7) is 9.69. The number of hydrogen-bond acceptors (Lipinski definition) is 5. The predicted molar refractivity (Wildman–Crippen MR) is 94.9 cm³/mol. The summed E-state index contributed by atoms with van der Waals surface area (Å²) >= 11 is 0. The van der Waals surface area contributed by atoms with Gasteiger partial charge in [-0.3, -0.25) is 9.88 Å². The molecule has 24 heavy (non-hydrogen) atoms. The molecule has 2 saturated heterocycles. The number of hydrogen-bond donors (Lipinski definition) is 0. The van der Waals surface area contributed by atoms with Gasteiger partial charge in [-0.15, -0.1) is 0 Å². The fourth-order valence-corrected chi connectivity index (χ4v) is 3.62. The van der Waals surface area contributed by atoms with Gasteiger partial charge in [0.15, 0.2) is 0 Å². The maximum absolute atomic E-state index is 6.53. The van der Waals surface area contributed by atoms with Crippen molar-refractivity contribution in [1.29, 1.82) is 0 Å². The molecule has 2 atom stereocenters. The van der Waals surface area contributed by atoms with Gasteiger partial charge in [-0.2, -0.15) is 0 Å². The lowest BCUT2D eigenvalue weighted by Gasteiger charge is -2.33. The molecule has 0 radical (unpaired) electrons. The van der Waals surface area contributed by atoms with Gasteiger partial charge in [0.1, 0.15) is 5.60 Å². The van der Waals surface area contributed by atoms with Crippen molar-refractivity contribution in [1.82, 2.24) is 14.8 Å². The van der Waals surface area contributed by atoms with Crippen molar-refractivity contribution in [3.8, 4) is 0 Å². The van der Waals surface area contributed by atoms with Crippen LogP contribution in [-0.2, 0) is 16.0 Å². The van der Waals surface area contributed by atoms with Crippen LogP contribution < -0.4 is 0 Å². The van der Waals surface area contributed by atoms with Gasteiger partial charge < -0.3 is 14.4 Å². The molecule has 2 fully saturated rings. The summed E-state index contributed by atoms with van der Waals surface area (Å²) in [4.78, 5) is 9.26. The molecule has 1 aromatic heterocycles. The average molecular weight is 333 g/mol. The largest absolute Gasteiger partial charge is 0.377 e.